The van der Waals surface area contributed by atoms with Crippen LogP contribution in [-0.4, -0.2) is 9.78 Å². The van der Waals surface area contributed by atoms with Crippen LogP contribution in [0, 0.1) is 0 Å². The van der Waals surface area contributed by atoms with E-state index in [2.05, 4.69) is 21.0 Å². The third-order valence-corrected chi connectivity index (χ3v) is 2.77. The molecule has 0 aliphatic carbocycles. The van der Waals surface area contributed by atoms with Crippen molar-refractivity contribution < 1.29 is 13.2 Å². The Bertz CT molecular complexity index is 551. The molecule has 0 saturated heterocycles. The zero-order chi connectivity index (χ0) is 12.6. The van der Waals surface area contributed by atoms with Crippen molar-refractivity contribution in [2.45, 2.75) is 6.18 Å². The number of benzene rings is 1. The van der Waals surface area contributed by atoms with E-state index in [1.165, 1.54) is 0 Å². The predicted molar refractivity (Wildman–Crippen MR) is 61.3 cm³/mol. The van der Waals surface area contributed by atoms with Gasteiger partial charge in [-0.15, -0.1) is 0 Å². The lowest BCUT2D eigenvalue weighted by atomic mass is 10.3. The second-order valence-corrected chi connectivity index (χ2v) is 4.54. The highest BCUT2D eigenvalue weighted by Crippen LogP contribution is 2.31. The van der Waals surface area contributed by atoms with Crippen LogP contribution in [0.5, 0.6) is 0 Å². The first-order valence-corrected chi connectivity index (χ1v) is 5.64. The summed E-state index contributed by atoms with van der Waals surface area (Å²) in [6.45, 7) is 0. The Labute approximate surface area is 108 Å². The summed E-state index contributed by atoms with van der Waals surface area (Å²) in [5.41, 5.74) is -0.553. The van der Waals surface area contributed by atoms with Crippen molar-refractivity contribution in [3.8, 4) is 5.69 Å². The first kappa shape index (κ1) is 12.4. The smallest absolute Gasteiger partial charge is 0.222 e. The van der Waals surface area contributed by atoms with Crippen LogP contribution in [0.1, 0.15) is 5.69 Å². The Hall–Kier alpha value is -1.01. The van der Waals surface area contributed by atoms with Crippen molar-refractivity contribution in [3.05, 3.63) is 45.7 Å². The number of hydrogen-bond acceptors (Lipinski definition) is 1. The largest absolute Gasteiger partial charge is 0.435 e. The molecular formula is C10H5BrClF3N2. The Balaban J connectivity index is 2.50. The van der Waals surface area contributed by atoms with Crippen LogP contribution in [0.25, 0.3) is 5.69 Å². The number of alkyl halides is 3. The fourth-order valence-electron chi connectivity index (χ4n) is 1.29. The SMILES string of the molecule is FC(F)(F)c1cc(Cl)n(-c2cccc(Br)c2)n1. The van der Waals surface area contributed by atoms with Crippen LogP contribution in [0.15, 0.2) is 34.8 Å². The molecule has 1 aromatic heterocycles. The molecule has 0 unspecified atom stereocenters. The van der Waals surface area contributed by atoms with Gasteiger partial charge in [0, 0.05) is 10.5 Å². The van der Waals surface area contributed by atoms with Crippen LogP contribution in [0.4, 0.5) is 13.2 Å². The van der Waals surface area contributed by atoms with Gasteiger partial charge in [0.05, 0.1) is 5.69 Å². The zero-order valence-corrected chi connectivity index (χ0v) is 10.5. The van der Waals surface area contributed by atoms with Gasteiger partial charge >= 0.3 is 6.18 Å². The van der Waals surface area contributed by atoms with Gasteiger partial charge in [-0.25, -0.2) is 4.68 Å². The minimum atomic E-state index is -4.50. The fraction of sp³-hybridized carbons (Fsp3) is 0.100. The third-order valence-electron chi connectivity index (χ3n) is 2.01. The molecule has 90 valence electrons. The van der Waals surface area contributed by atoms with Gasteiger partial charge in [0.25, 0.3) is 0 Å². The Kier molecular flexibility index (Phi) is 3.18. The van der Waals surface area contributed by atoms with E-state index < -0.39 is 11.9 Å². The van der Waals surface area contributed by atoms with Crippen molar-refractivity contribution in [3.63, 3.8) is 0 Å². The highest BCUT2D eigenvalue weighted by atomic mass is 79.9. The summed E-state index contributed by atoms with van der Waals surface area (Å²) in [6, 6.07) is 7.47. The van der Waals surface area contributed by atoms with Crippen LogP contribution in [0.3, 0.4) is 0 Å². The Morgan fingerprint density at radius 2 is 1.94 bits per heavy atom. The van der Waals surface area contributed by atoms with Crippen molar-refractivity contribution in [1.82, 2.24) is 9.78 Å². The molecule has 0 spiro atoms. The molecule has 2 aromatic rings. The molecule has 0 aliphatic rings. The predicted octanol–water partition coefficient (Wildman–Crippen LogP) is 4.31. The number of nitrogens with zero attached hydrogens (tertiary/aromatic N) is 2. The molecule has 1 aromatic carbocycles. The number of aromatic nitrogens is 2. The molecule has 0 saturated carbocycles. The van der Waals surface area contributed by atoms with Gasteiger partial charge in [0.15, 0.2) is 5.69 Å². The average Bonchev–Trinajstić information content (AvgIpc) is 2.60. The lowest BCUT2D eigenvalue weighted by Crippen LogP contribution is -2.07. The van der Waals surface area contributed by atoms with E-state index >= 15 is 0 Å². The summed E-state index contributed by atoms with van der Waals surface area (Å²) in [4.78, 5) is 0. The molecule has 0 atom stereocenters. The van der Waals surface area contributed by atoms with Gasteiger partial charge in [0.1, 0.15) is 5.15 Å². The van der Waals surface area contributed by atoms with Gasteiger partial charge in [-0.3, -0.25) is 0 Å². The highest BCUT2D eigenvalue weighted by Gasteiger charge is 2.34. The van der Waals surface area contributed by atoms with Gasteiger partial charge in [-0.05, 0) is 18.2 Å². The molecule has 1 heterocycles. The molecule has 17 heavy (non-hydrogen) atoms. The number of hydrogen-bond donors (Lipinski definition) is 0. The molecule has 2 rings (SSSR count). The van der Waals surface area contributed by atoms with Gasteiger partial charge < -0.3 is 0 Å². The van der Waals surface area contributed by atoms with Crippen LogP contribution < -0.4 is 0 Å². The normalized spacial score (nSPS) is 11.8. The van der Waals surface area contributed by atoms with Gasteiger partial charge in [-0.1, -0.05) is 33.6 Å². The maximum Gasteiger partial charge on any atom is 0.435 e. The van der Waals surface area contributed by atoms with Gasteiger partial charge in [0.2, 0.25) is 0 Å². The maximum absolute atomic E-state index is 12.4. The monoisotopic (exact) mass is 324 g/mol. The van der Waals surface area contributed by atoms with E-state index in [1.54, 1.807) is 24.3 Å². The average molecular weight is 326 g/mol. The Morgan fingerprint density at radius 1 is 1.24 bits per heavy atom. The van der Waals surface area contributed by atoms with Crippen molar-refractivity contribution >= 4 is 27.5 Å². The maximum atomic E-state index is 12.4. The Morgan fingerprint density at radius 3 is 2.47 bits per heavy atom. The molecule has 7 heteroatoms. The minimum absolute atomic E-state index is 0.0876. The standard InChI is InChI=1S/C10H5BrClF3N2/c11-6-2-1-3-7(4-6)17-9(12)5-8(16-17)10(13,14)15/h1-5H. The van der Waals surface area contributed by atoms with Gasteiger partial charge in [-0.2, -0.15) is 18.3 Å². The second kappa shape index (κ2) is 4.34. The topological polar surface area (TPSA) is 17.8 Å². The quantitative estimate of drug-likeness (QED) is 0.764. The molecule has 0 amide bonds. The fourth-order valence-corrected chi connectivity index (χ4v) is 1.91. The van der Waals surface area contributed by atoms with E-state index in [0.717, 1.165) is 15.2 Å². The first-order chi connectivity index (χ1) is 7.88. The highest BCUT2D eigenvalue weighted by molar-refractivity contribution is 9.10. The molecule has 0 fully saturated rings. The second-order valence-electron chi connectivity index (χ2n) is 3.24. The van der Waals surface area contributed by atoms with Crippen LogP contribution in [-0.2, 0) is 6.18 Å². The van der Waals surface area contributed by atoms with Crippen molar-refractivity contribution in [1.29, 1.82) is 0 Å². The van der Waals surface area contributed by atoms with Crippen molar-refractivity contribution in [2.24, 2.45) is 0 Å². The summed E-state index contributed by atoms with van der Waals surface area (Å²) in [5, 5.41) is 3.34. The summed E-state index contributed by atoms with van der Waals surface area (Å²) >= 11 is 8.95. The molecule has 0 aliphatic heterocycles. The number of rotatable bonds is 1. The summed E-state index contributed by atoms with van der Waals surface area (Å²) in [5.74, 6) is 0. The van der Waals surface area contributed by atoms with E-state index in [-0.39, 0.29) is 5.15 Å². The number of halogens is 5. The lowest BCUT2D eigenvalue weighted by molar-refractivity contribution is -0.141. The van der Waals surface area contributed by atoms with Crippen LogP contribution in [0.2, 0.25) is 5.15 Å². The van der Waals surface area contributed by atoms with Crippen molar-refractivity contribution in [2.75, 3.05) is 0 Å². The van der Waals surface area contributed by atoms with E-state index in [9.17, 15) is 13.2 Å². The molecular weight excluding hydrogens is 320 g/mol. The first-order valence-electron chi connectivity index (χ1n) is 4.46. The van der Waals surface area contributed by atoms with E-state index in [0.29, 0.717) is 5.69 Å². The summed E-state index contributed by atoms with van der Waals surface area (Å²) < 4.78 is 39.1. The molecule has 0 N–H and O–H groups in total. The molecule has 0 radical (unpaired) electrons. The molecule has 2 nitrogen and oxygen atoms in total. The zero-order valence-electron chi connectivity index (χ0n) is 8.17. The summed E-state index contributed by atoms with van der Waals surface area (Å²) in [7, 11) is 0. The lowest BCUT2D eigenvalue weighted by Gasteiger charge is -2.04. The third kappa shape index (κ3) is 2.63. The summed E-state index contributed by atoms with van der Waals surface area (Å²) in [6.07, 6.45) is -4.50. The van der Waals surface area contributed by atoms with E-state index in [1.807, 2.05) is 0 Å². The molecule has 0 bridgehead atoms. The van der Waals surface area contributed by atoms with E-state index in [4.69, 9.17) is 11.6 Å². The minimum Gasteiger partial charge on any atom is -0.222 e. The van der Waals surface area contributed by atoms with Crippen LogP contribution >= 0.6 is 27.5 Å².